The molecule has 3 aromatic rings. The summed E-state index contributed by atoms with van der Waals surface area (Å²) in [5.41, 5.74) is 1.66. The molecule has 0 aliphatic carbocycles. The number of amides is 1. The summed E-state index contributed by atoms with van der Waals surface area (Å²) in [4.78, 5) is 12.5. The van der Waals surface area contributed by atoms with Crippen LogP contribution in [0.4, 0.5) is 0 Å². The van der Waals surface area contributed by atoms with Gasteiger partial charge in [-0.15, -0.1) is 10.2 Å². The van der Waals surface area contributed by atoms with Crippen molar-refractivity contribution in [1.82, 2.24) is 24.2 Å². The summed E-state index contributed by atoms with van der Waals surface area (Å²) in [6, 6.07) is 12.4. The molecule has 1 fully saturated rings. The van der Waals surface area contributed by atoms with E-state index >= 15 is 0 Å². The van der Waals surface area contributed by atoms with Gasteiger partial charge in [-0.3, -0.25) is 9.20 Å². The number of aryl methyl sites for hydroxylation is 1. The standard InChI is InChI=1S/C20H23N5O3S/c26-20(21-15-19-23-22-18-5-1-2-14-25(18)19)11-8-16-6-9-17(10-7-16)29(27,28)24-12-3-4-13-24/h1-2,5-7,9-10,14H,3-4,8,11-13,15H2,(H,21,26). The van der Waals surface area contributed by atoms with Crippen molar-refractivity contribution in [3.8, 4) is 0 Å². The summed E-state index contributed by atoms with van der Waals surface area (Å²) in [5, 5.41) is 11.0. The largest absolute Gasteiger partial charge is 0.349 e. The molecule has 1 amide bonds. The van der Waals surface area contributed by atoms with Crippen molar-refractivity contribution in [2.45, 2.75) is 37.1 Å². The Morgan fingerprint density at radius 2 is 1.79 bits per heavy atom. The van der Waals surface area contributed by atoms with E-state index in [4.69, 9.17) is 0 Å². The van der Waals surface area contributed by atoms with Gasteiger partial charge in [0.15, 0.2) is 11.5 Å². The molecule has 3 heterocycles. The first-order valence-electron chi connectivity index (χ1n) is 9.68. The van der Waals surface area contributed by atoms with Crippen LogP contribution in [0.1, 0.15) is 30.7 Å². The molecule has 0 atom stereocenters. The van der Waals surface area contributed by atoms with Crippen molar-refractivity contribution >= 4 is 21.6 Å². The van der Waals surface area contributed by atoms with E-state index in [-0.39, 0.29) is 5.91 Å². The molecule has 9 heteroatoms. The second kappa shape index (κ2) is 8.30. The Hall–Kier alpha value is -2.78. The van der Waals surface area contributed by atoms with E-state index in [2.05, 4.69) is 15.5 Å². The van der Waals surface area contributed by atoms with Gasteiger partial charge in [0.1, 0.15) is 0 Å². The fraction of sp³-hybridized carbons (Fsp3) is 0.350. The molecule has 0 spiro atoms. The summed E-state index contributed by atoms with van der Waals surface area (Å²) in [7, 11) is -3.40. The number of fused-ring (bicyclic) bond motifs is 1. The van der Waals surface area contributed by atoms with Crippen molar-refractivity contribution in [1.29, 1.82) is 0 Å². The van der Waals surface area contributed by atoms with Crippen molar-refractivity contribution < 1.29 is 13.2 Å². The van der Waals surface area contributed by atoms with Crippen LogP contribution in [0.25, 0.3) is 5.65 Å². The maximum Gasteiger partial charge on any atom is 0.243 e. The number of nitrogens with zero attached hydrogens (tertiary/aromatic N) is 4. The predicted molar refractivity (Wildman–Crippen MR) is 108 cm³/mol. The highest BCUT2D eigenvalue weighted by Gasteiger charge is 2.26. The molecule has 1 saturated heterocycles. The van der Waals surface area contributed by atoms with Crippen molar-refractivity contribution in [3.63, 3.8) is 0 Å². The van der Waals surface area contributed by atoms with Crippen LogP contribution in [0.2, 0.25) is 0 Å². The van der Waals surface area contributed by atoms with Crippen molar-refractivity contribution in [3.05, 3.63) is 60.0 Å². The zero-order valence-electron chi connectivity index (χ0n) is 16.0. The van der Waals surface area contributed by atoms with Gasteiger partial charge in [0.25, 0.3) is 0 Å². The van der Waals surface area contributed by atoms with Gasteiger partial charge >= 0.3 is 0 Å². The first kappa shape index (κ1) is 19.5. The SMILES string of the molecule is O=C(CCc1ccc(S(=O)(=O)N2CCCC2)cc1)NCc1nnc2ccccn12. The van der Waals surface area contributed by atoms with Crippen LogP contribution < -0.4 is 5.32 Å². The number of rotatable bonds is 7. The van der Waals surface area contributed by atoms with Crippen molar-refractivity contribution in [2.24, 2.45) is 0 Å². The molecule has 8 nitrogen and oxygen atoms in total. The predicted octanol–water partition coefficient (Wildman–Crippen LogP) is 1.76. The highest BCUT2D eigenvalue weighted by atomic mass is 32.2. The first-order valence-corrected chi connectivity index (χ1v) is 11.1. The summed E-state index contributed by atoms with van der Waals surface area (Å²) in [6.07, 6.45) is 4.54. The quantitative estimate of drug-likeness (QED) is 0.637. The zero-order valence-corrected chi connectivity index (χ0v) is 16.8. The Morgan fingerprint density at radius 1 is 1.03 bits per heavy atom. The van der Waals surface area contributed by atoms with Gasteiger partial charge in [-0.05, 0) is 49.1 Å². The lowest BCUT2D eigenvalue weighted by Crippen LogP contribution is -2.27. The van der Waals surface area contributed by atoms with Gasteiger partial charge in [-0.25, -0.2) is 8.42 Å². The van der Waals surface area contributed by atoms with Gasteiger partial charge in [-0.2, -0.15) is 4.31 Å². The maximum atomic E-state index is 12.6. The first-order chi connectivity index (χ1) is 14.0. The molecular weight excluding hydrogens is 390 g/mol. The molecule has 29 heavy (non-hydrogen) atoms. The molecule has 0 radical (unpaired) electrons. The molecule has 0 saturated carbocycles. The Balaban J connectivity index is 1.30. The van der Waals surface area contributed by atoms with Gasteiger partial charge in [0, 0.05) is 25.7 Å². The number of aromatic nitrogens is 3. The number of benzene rings is 1. The van der Waals surface area contributed by atoms with Crippen LogP contribution in [-0.2, 0) is 27.8 Å². The Labute approximate surface area is 169 Å². The molecule has 1 aliphatic rings. The Kier molecular flexibility index (Phi) is 5.59. The van der Waals surface area contributed by atoms with Crippen LogP contribution in [-0.4, -0.2) is 46.3 Å². The average Bonchev–Trinajstić information content (AvgIpc) is 3.42. The average molecular weight is 414 g/mol. The minimum Gasteiger partial charge on any atom is -0.349 e. The number of carbonyl (C=O) groups excluding carboxylic acids is 1. The second-order valence-corrected chi connectivity index (χ2v) is 9.01. The van der Waals surface area contributed by atoms with Gasteiger partial charge in [0.05, 0.1) is 11.4 Å². The third kappa shape index (κ3) is 4.30. The smallest absolute Gasteiger partial charge is 0.243 e. The van der Waals surface area contributed by atoms with E-state index < -0.39 is 10.0 Å². The van der Waals surface area contributed by atoms with Crippen LogP contribution in [0.3, 0.4) is 0 Å². The zero-order chi connectivity index (χ0) is 20.3. The van der Waals surface area contributed by atoms with E-state index in [1.54, 1.807) is 24.3 Å². The lowest BCUT2D eigenvalue weighted by molar-refractivity contribution is -0.121. The fourth-order valence-electron chi connectivity index (χ4n) is 3.44. The summed E-state index contributed by atoms with van der Waals surface area (Å²) in [5.74, 6) is 0.580. The van der Waals surface area contributed by atoms with E-state index in [9.17, 15) is 13.2 Å². The van der Waals surface area contributed by atoms with E-state index in [0.717, 1.165) is 24.1 Å². The van der Waals surface area contributed by atoms with Crippen LogP contribution >= 0.6 is 0 Å². The van der Waals surface area contributed by atoms with Gasteiger partial charge in [-0.1, -0.05) is 18.2 Å². The van der Waals surface area contributed by atoms with Gasteiger partial charge in [0.2, 0.25) is 15.9 Å². The van der Waals surface area contributed by atoms with E-state index in [0.29, 0.717) is 43.2 Å². The lowest BCUT2D eigenvalue weighted by atomic mass is 10.1. The molecule has 152 valence electrons. The Morgan fingerprint density at radius 3 is 2.55 bits per heavy atom. The van der Waals surface area contributed by atoms with Crippen LogP contribution in [0.5, 0.6) is 0 Å². The van der Waals surface area contributed by atoms with E-state index in [1.807, 2.05) is 28.8 Å². The number of hydrogen-bond acceptors (Lipinski definition) is 5. The third-order valence-electron chi connectivity index (χ3n) is 5.09. The number of sulfonamides is 1. The number of hydrogen-bond donors (Lipinski definition) is 1. The van der Waals surface area contributed by atoms with Gasteiger partial charge < -0.3 is 5.32 Å². The second-order valence-electron chi connectivity index (χ2n) is 7.08. The van der Waals surface area contributed by atoms with Crippen LogP contribution in [0.15, 0.2) is 53.6 Å². The summed E-state index contributed by atoms with van der Waals surface area (Å²) in [6.45, 7) is 1.48. The topological polar surface area (TPSA) is 96.7 Å². The molecule has 0 bridgehead atoms. The summed E-state index contributed by atoms with van der Waals surface area (Å²) < 4.78 is 28.5. The maximum absolute atomic E-state index is 12.6. The van der Waals surface area contributed by atoms with Crippen LogP contribution in [0, 0.1) is 0 Å². The Bertz CT molecular complexity index is 1100. The third-order valence-corrected chi connectivity index (χ3v) is 7.01. The molecule has 1 aliphatic heterocycles. The molecule has 1 N–H and O–H groups in total. The van der Waals surface area contributed by atoms with E-state index in [1.165, 1.54) is 4.31 Å². The minimum absolute atomic E-state index is 0.0913. The molecule has 2 aromatic heterocycles. The molecule has 1 aromatic carbocycles. The summed E-state index contributed by atoms with van der Waals surface area (Å²) >= 11 is 0. The fourth-order valence-corrected chi connectivity index (χ4v) is 4.96. The number of pyridine rings is 1. The molecule has 0 unspecified atom stereocenters. The normalized spacial score (nSPS) is 15.0. The molecule has 4 rings (SSSR count). The lowest BCUT2D eigenvalue weighted by Gasteiger charge is -2.15. The minimum atomic E-state index is -3.40. The van der Waals surface area contributed by atoms with Crippen molar-refractivity contribution in [2.75, 3.05) is 13.1 Å². The number of carbonyl (C=O) groups is 1. The monoisotopic (exact) mass is 413 g/mol. The highest BCUT2D eigenvalue weighted by molar-refractivity contribution is 7.89. The molecular formula is C20H23N5O3S. The highest BCUT2D eigenvalue weighted by Crippen LogP contribution is 2.21. The number of nitrogens with one attached hydrogen (secondary N) is 1.